The fourth-order valence-electron chi connectivity index (χ4n) is 2.35. The summed E-state index contributed by atoms with van der Waals surface area (Å²) in [4.78, 5) is 10.0. The highest BCUT2D eigenvalue weighted by Crippen LogP contribution is 2.23. The van der Waals surface area contributed by atoms with Crippen LogP contribution in [-0.2, 0) is 6.42 Å². The molecule has 0 radical (unpaired) electrons. The summed E-state index contributed by atoms with van der Waals surface area (Å²) in [6.45, 7) is 2.10. The van der Waals surface area contributed by atoms with Crippen molar-refractivity contribution < 1.29 is 0 Å². The summed E-state index contributed by atoms with van der Waals surface area (Å²) < 4.78 is 0. The smallest absolute Gasteiger partial charge is 0.0794 e. The number of thiazole rings is 1. The minimum absolute atomic E-state index is 0.00115. The van der Waals surface area contributed by atoms with Crippen LogP contribution in [0.2, 0.25) is 0 Å². The number of hydrazine groups is 1. The number of hydrogen-bond donors (Lipinski definition) is 2. The van der Waals surface area contributed by atoms with E-state index in [1.807, 2.05) is 29.9 Å². The van der Waals surface area contributed by atoms with Crippen molar-refractivity contribution in [2.45, 2.75) is 19.4 Å². The summed E-state index contributed by atoms with van der Waals surface area (Å²) >= 11 is 1.63. The first-order valence-corrected chi connectivity index (χ1v) is 7.35. The Hall–Kier alpha value is -1.82. The molecule has 3 rings (SSSR count). The van der Waals surface area contributed by atoms with Crippen LogP contribution in [0.25, 0.3) is 10.9 Å². The Bertz CT molecular complexity index is 709. The lowest BCUT2D eigenvalue weighted by Crippen LogP contribution is -2.30. The Morgan fingerprint density at radius 3 is 2.95 bits per heavy atom. The van der Waals surface area contributed by atoms with Gasteiger partial charge in [0.2, 0.25) is 0 Å². The van der Waals surface area contributed by atoms with E-state index in [-0.39, 0.29) is 6.04 Å². The molecule has 1 atom stereocenters. The van der Waals surface area contributed by atoms with Gasteiger partial charge in [-0.1, -0.05) is 18.2 Å². The summed E-state index contributed by atoms with van der Waals surface area (Å²) in [5.74, 6) is 5.71. The van der Waals surface area contributed by atoms with Crippen LogP contribution in [0.5, 0.6) is 0 Å². The monoisotopic (exact) mass is 284 g/mol. The molecule has 5 heteroatoms. The molecular weight excluding hydrogens is 268 g/mol. The fourth-order valence-corrected chi connectivity index (χ4v) is 2.99. The first kappa shape index (κ1) is 13.2. The van der Waals surface area contributed by atoms with Crippen LogP contribution in [0.1, 0.15) is 22.2 Å². The van der Waals surface area contributed by atoms with Gasteiger partial charge in [0.25, 0.3) is 0 Å². The lowest BCUT2D eigenvalue weighted by atomic mass is 10.0. The Labute approximate surface area is 121 Å². The second-order valence-electron chi connectivity index (χ2n) is 4.77. The summed E-state index contributed by atoms with van der Waals surface area (Å²) in [5.41, 5.74) is 7.89. The molecule has 0 bridgehead atoms. The highest BCUT2D eigenvalue weighted by molar-refractivity contribution is 7.09. The molecule has 0 aliphatic rings. The van der Waals surface area contributed by atoms with E-state index in [4.69, 9.17) is 10.8 Å². The molecule has 0 saturated heterocycles. The Balaban J connectivity index is 1.99. The highest BCUT2D eigenvalue weighted by Gasteiger charge is 2.14. The summed E-state index contributed by atoms with van der Waals surface area (Å²) in [6, 6.07) is 10.3. The van der Waals surface area contributed by atoms with Gasteiger partial charge >= 0.3 is 0 Å². The number of aryl methyl sites for hydroxylation is 1. The number of rotatable bonds is 4. The maximum atomic E-state index is 5.71. The van der Waals surface area contributed by atoms with Crippen LogP contribution >= 0.6 is 11.3 Å². The lowest BCUT2D eigenvalue weighted by molar-refractivity contribution is 0.543. The Kier molecular flexibility index (Phi) is 3.73. The number of aromatic nitrogens is 2. The molecule has 1 aromatic carbocycles. The average molecular weight is 284 g/mol. The maximum Gasteiger partial charge on any atom is 0.0794 e. The van der Waals surface area contributed by atoms with Crippen molar-refractivity contribution in [1.29, 1.82) is 0 Å². The molecule has 0 spiro atoms. The average Bonchev–Trinajstić information content (AvgIpc) is 2.97. The maximum absolute atomic E-state index is 5.71. The molecular formula is C15H16N4S. The van der Waals surface area contributed by atoms with Crippen LogP contribution in [0.3, 0.4) is 0 Å². The van der Waals surface area contributed by atoms with Gasteiger partial charge in [0.15, 0.2) is 0 Å². The van der Waals surface area contributed by atoms with Crippen molar-refractivity contribution in [2.24, 2.45) is 5.84 Å². The molecule has 2 aromatic heterocycles. The van der Waals surface area contributed by atoms with E-state index < -0.39 is 0 Å². The quantitative estimate of drug-likeness (QED) is 0.571. The minimum Gasteiger partial charge on any atom is -0.271 e. The van der Waals surface area contributed by atoms with E-state index >= 15 is 0 Å². The zero-order chi connectivity index (χ0) is 13.9. The summed E-state index contributed by atoms with van der Waals surface area (Å²) in [6.07, 6.45) is 2.68. The van der Waals surface area contributed by atoms with Gasteiger partial charge in [-0.15, -0.1) is 11.3 Å². The second kappa shape index (κ2) is 5.66. The van der Waals surface area contributed by atoms with Crippen LogP contribution < -0.4 is 11.3 Å². The largest absolute Gasteiger partial charge is 0.271 e. The van der Waals surface area contributed by atoms with Crippen molar-refractivity contribution in [2.75, 3.05) is 0 Å². The van der Waals surface area contributed by atoms with Gasteiger partial charge in [0.05, 0.1) is 22.8 Å². The van der Waals surface area contributed by atoms with Crippen LogP contribution in [0, 0.1) is 6.92 Å². The number of hydrogen-bond acceptors (Lipinski definition) is 5. The highest BCUT2D eigenvalue weighted by atomic mass is 32.1. The third kappa shape index (κ3) is 2.56. The van der Waals surface area contributed by atoms with Crippen LogP contribution in [0.4, 0.5) is 0 Å². The number of para-hydroxylation sites is 1. The predicted octanol–water partition coefficient (Wildman–Crippen LogP) is 2.75. The topological polar surface area (TPSA) is 63.8 Å². The fraction of sp³-hybridized carbons (Fsp3) is 0.200. The molecule has 0 saturated carbocycles. The first-order valence-electron chi connectivity index (χ1n) is 6.47. The van der Waals surface area contributed by atoms with E-state index in [1.165, 1.54) is 15.8 Å². The lowest BCUT2D eigenvalue weighted by Gasteiger charge is -2.16. The third-order valence-corrected chi connectivity index (χ3v) is 4.19. The molecule has 0 aliphatic carbocycles. The van der Waals surface area contributed by atoms with Crippen molar-refractivity contribution in [1.82, 2.24) is 15.4 Å². The molecule has 1 unspecified atom stereocenters. The number of nitrogens with two attached hydrogens (primary N) is 1. The number of nitrogens with one attached hydrogen (secondary N) is 1. The SMILES string of the molecule is Cc1cc(C(Cc2cncs2)NN)nc2ccccc12. The predicted molar refractivity (Wildman–Crippen MR) is 82.4 cm³/mol. The van der Waals surface area contributed by atoms with E-state index in [0.29, 0.717) is 0 Å². The van der Waals surface area contributed by atoms with Crippen molar-refractivity contribution in [3.63, 3.8) is 0 Å². The van der Waals surface area contributed by atoms with Gasteiger partial charge in [0, 0.05) is 22.9 Å². The molecule has 0 aliphatic heterocycles. The van der Waals surface area contributed by atoms with E-state index in [2.05, 4.69) is 29.5 Å². The number of nitrogens with zero attached hydrogens (tertiary/aromatic N) is 2. The summed E-state index contributed by atoms with van der Waals surface area (Å²) in [5, 5.41) is 1.19. The number of pyridine rings is 1. The standard InChI is InChI=1S/C15H16N4S/c1-10-6-14(18-13-5-3-2-4-12(10)13)15(19-16)7-11-8-17-9-20-11/h2-6,8-9,15,19H,7,16H2,1H3. The van der Waals surface area contributed by atoms with Gasteiger partial charge in [-0.2, -0.15) is 0 Å². The van der Waals surface area contributed by atoms with Crippen molar-refractivity contribution in [3.8, 4) is 0 Å². The Morgan fingerprint density at radius 2 is 2.20 bits per heavy atom. The molecule has 102 valence electrons. The van der Waals surface area contributed by atoms with Crippen molar-refractivity contribution >= 4 is 22.2 Å². The van der Waals surface area contributed by atoms with Gasteiger partial charge < -0.3 is 0 Å². The summed E-state index contributed by atoms with van der Waals surface area (Å²) in [7, 11) is 0. The van der Waals surface area contributed by atoms with Gasteiger partial charge in [-0.25, -0.2) is 0 Å². The molecule has 4 nitrogen and oxygen atoms in total. The zero-order valence-electron chi connectivity index (χ0n) is 11.2. The molecule has 3 N–H and O–H groups in total. The van der Waals surface area contributed by atoms with E-state index in [0.717, 1.165) is 17.6 Å². The molecule has 20 heavy (non-hydrogen) atoms. The molecule has 2 heterocycles. The normalized spacial score (nSPS) is 12.7. The second-order valence-corrected chi connectivity index (χ2v) is 5.74. The molecule has 0 fully saturated rings. The van der Waals surface area contributed by atoms with Crippen molar-refractivity contribution in [3.05, 3.63) is 58.2 Å². The van der Waals surface area contributed by atoms with E-state index in [9.17, 15) is 0 Å². The van der Waals surface area contributed by atoms with Gasteiger partial charge in [0.1, 0.15) is 0 Å². The number of benzene rings is 1. The number of fused-ring (bicyclic) bond motifs is 1. The van der Waals surface area contributed by atoms with Gasteiger partial charge in [-0.3, -0.25) is 21.2 Å². The van der Waals surface area contributed by atoms with Crippen LogP contribution in [0.15, 0.2) is 42.0 Å². The molecule has 0 amide bonds. The zero-order valence-corrected chi connectivity index (χ0v) is 12.0. The Morgan fingerprint density at radius 1 is 1.35 bits per heavy atom. The first-order chi connectivity index (χ1) is 9.78. The van der Waals surface area contributed by atoms with Gasteiger partial charge in [-0.05, 0) is 24.6 Å². The van der Waals surface area contributed by atoms with Crippen LogP contribution in [-0.4, -0.2) is 9.97 Å². The molecule has 3 aromatic rings. The van der Waals surface area contributed by atoms with E-state index in [1.54, 1.807) is 11.3 Å². The minimum atomic E-state index is -0.00115. The third-order valence-electron chi connectivity index (χ3n) is 3.39.